The molecule has 3 aromatic rings. The van der Waals surface area contributed by atoms with E-state index < -0.39 is 5.91 Å². The number of benzene rings is 1. The van der Waals surface area contributed by atoms with Gasteiger partial charge in [-0.1, -0.05) is 47.7 Å². The third kappa shape index (κ3) is 3.90. The molecular formula is C21H24Cl2N6O2. The minimum Gasteiger partial charge on any atom is -0.314 e. The van der Waals surface area contributed by atoms with Crippen LogP contribution < -0.4 is 10.9 Å². The molecule has 0 bridgehead atoms. The van der Waals surface area contributed by atoms with Crippen LogP contribution in [0.25, 0.3) is 5.69 Å². The molecule has 0 radical (unpaired) electrons. The molecule has 31 heavy (non-hydrogen) atoms. The second kappa shape index (κ2) is 8.51. The molecule has 0 spiro atoms. The summed E-state index contributed by atoms with van der Waals surface area (Å²) in [4.78, 5) is 26.1. The molecular weight excluding hydrogens is 439 g/mol. The Morgan fingerprint density at radius 3 is 2.52 bits per heavy atom. The maximum Gasteiger partial charge on any atom is 0.291 e. The smallest absolute Gasteiger partial charge is 0.291 e. The lowest BCUT2D eigenvalue weighted by atomic mass is 9.96. The Morgan fingerprint density at radius 1 is 1.13 bits per heavy atom. The highest BCUT2D eigenvalue weighted by Gasteiger charge is 2.26. The van der Waals surface area contributed by atoms with Gasteiger partial charge in [-0.25, -0.2) is 9.36 Å². The minimum atomic E-state index is -0.490. The Balaban J connectivity index is 1.64. The average Bonchev–Trinajstić information content (AvgIpc) is 3.22. The lowest BCUT2D eigenvalue weighted by molar-refractivity contribution is 0.102. The number of nitrogens with zero attached hydrogens (tertiary/aromatic N) is 5. The van der Waals surface area contributed by atoms with Crippen LogP contribution >= 0.6 is 23.2 Å². The monoisotopic (exact) mass is 462 g/mol. The molecule has 2 aromatic heterocycles. The van der Waals surface area contributed by atoms with Crippen LogP contribution in [0.4, 0.5) is 5.69 Å². The molecule has 1 amide bonds. The topological polar surface area (TPSA) is 86.7 Å². The number of hydrogen-bond donors (Lipinski definition) is 1. The molecule has 1 aromatic carbocycles. The van der Waals surface area contributed by atoms with Gasteiger partial charge in [0.25, 0.3) is 11.5 Å². The average molecular weight is 463 g/mol. The SMILES string of the molecule is Cc1c(C(=O)Nc2c(C)n(C)n(C3CCCCC3)c2=O)nnn1-c1ccc(Cl)cc1Cl. The Bertz CT molecular complexity index is 1200. The van der Waals surface area contributed by atoms with Crippen molar-refractivity contribution in [2.45, 2.75) is 52.0 Å². The summed E-state index contributed by atoms with van der Waals surface area (Å²) >= 11 is 12.2. The molecule has 1 fully saturated rings. The van der Waals surface area contributed by atoms with Crippen LogP contribution in [-0.4, -0.2) is 30.3 Å². The molecule has 164 valence electrons. The van der Waals surface area contributed by atoms with E-state index in [1.165, 1.54) is 11.1 Å². The van der Waals surface area contributed by atoms with Gasteiger partial charge in [0.05, 0.1) is 28.1 Å². The van der Waals surface area contributed by atoms with E-state index in [2.05, 4.69) is 15.6 Å². The molecule has 2 heterocycles. The number of carbonyl (C=O) groups is 1. The lowest BCUT2D eigenvalue weighted by Crippen LogP contribution is -2.29. The molecule has 1 saturated carbocycles. The third-order valence-electron chi connectivity index (χ3n) is 6.00. The minimum absolute atomic E-state index is 0.123. The molecule has 0 saturated heterocycles. The van der Waals surface area contributed by atoms with Gasteiger partial charge in [0.1, 0.15) is 5.69 Å². The molecule has 1 aliphatic rings. The van der Waals surface area contributed by atoms with E-state index in [1.807, 2.05) is 18.7 Å². The predicted molar refractivity (Wildman–Crippen MR) is 121 cm³/mol. The van der Waals surface area contributed by atoms with Crippen molar-refractivity contribution in [1.82, 2.24) is 24.4 Å². The summed E-state index contributed by atoms with van der Waals surface area (Å²) in [7, 11) is 1.85. The van der Waals surface area contributed by atoms with Gasteiger partial charge in [0.15, 0.2) is 5.69 Å². The van der Waals surface area contributed by atoms with Gasteiger partial charge in [0.2, 0.25) is 0 Å². The van der Waals surface area contributed by atoms with E-state index in [-0.39, 0.29) is 23.0 Å². The summed E-state index contributed by atoms with van der Waals surface area (Å²) in [6, 6.07) is 5.15. The first kappa shape index (κ1) is 21.6. The zero-order valence-electron chi connectivity index (χ0n) is 17.7. The molecule has 10 heteroatoms. The van der Waals surface area contributed by atoms with E-state index in [4.69, 9.17) is 23.2 Å². The standard InChI is InChI=1S/C21H24Cl2N6O2/c1-12-19(21(31)29(27(12)3)15-7-5-4-6-8-15)24-20(30)18-13(2)28(26-25-18)17-10-9-14(22)11-16(17)23/h9-11,15H,4-8H2,1-3H3,(H,24,30). The number of rotatable bonds is 4. The largest absolute Gasteiger partial charge is 0.314 e. The summed E-state index contributed by atoms with van der Waals surface area (Å²) < 4.78 is 5.08. The van der Waals surface area contributed by atoms with Gasteiger partial charge < -0.3 is 5.32 Å². The van der Waals surface area contributed by atoms with Crippen LogP contribution in [0.15, 0.2) is 23.0 Å². The van der Waals surface area contributed by atoms with Crippen molar-refractivity contribution in [3.05, 3.63) is 55.7 Å². The number of nitrogens with one attached hydrogen (secondary N) is 1. The molecule has 4 rings (SSSR count). The van der Waals surface area contributed by atoms with Crippen molar-refractivity contribution >= 4 is 34.8 Å². The van der Waals surface area contributed by atoms with E-state index >= 15 is 0 Å². The second-order valence-electron chi connectivity index (χ2n) is 7.91. The van der Waals surface area contributed by atoms with Crippen molar-refractivity contribution in [3.8, 4) is 5.69 Å². The first-order chi connectivity index (χ1) is 14.8. The summed E-state index contributed by atoms with van der Waals surface area (Å²) in [5.74, 6) is -0.490. The number of amides is 1. The lowest BCUT2D eigenvalue weighted by Gasteiger charge is -2.24. The Morgan fingerprint density at radius 2 is 1.84 bits per heavy atom. The fourth-order valence-corrected chi connectivity index (χ4v) is 4.69. The van der Waals surface area contributed by atoms with Crippen LogP contribution in [0.1, 0.15) is 60.0 Å². The van der Waals surface area contributed by atoms with E-state index in [0.717, 1.165) is 25.7 Å². The summed E-state index contributed by atoms with van der Waals surface area (Å²) in [6.45, 7) is 3.55. The maximum atomic E-state index is 13.1. The summed E-state index contributed by atoms with van der Waals surface area (Å²) in [5.41, 5.74) is 1.98. The maximum absolute atomic E-state index is 13.1. The van der Waals surface area contributed by atoms with Gasteiger partial charge >= 0.3 is 0 Å². The Hall–Kier alpha value is -2.58. The van der Waals surface area contributed by atoms with Gasteiger partial charge in [-0.2, -0.15) is 0 Å². The van der Waals surface area contributed by atoms with Crippen molar-refractivity contribution < 1.29 is 4.79 Å². The first-order valence-electron chi connectivity index (χ1n) is 10.3. The van der Waals surface area contributed by atoms with Crippen LogP contribution in [0.3, 0.4) is 0 Å². The molecule has 0 atom stereocenters. The van der Waals surface area contributed by atoms with E-state index in [0.29, 0.717) is 27.1 Å². The predicted octanol–water partition coefficient (Wildman–Crippen LogP) is 4.45. The van der Waals surface area contributed by atoms with Crippen molar-refractivity contribution in [2.24, 2.45) is 7.05 Å². The number of anilines is 1. The van der Waals surface area contributed by atoms with Gasteiger partial charge in [0, 0.05) is 12.1 Å². The fraction of sp³-hybridized carbons (Fsp3) is 0.429. The zero-order chi connectivity index (χ0) is 22.3. The highest BCUT2D eigenvalue weighted by atomic mass is 35.5. The van der Waals surface area contributed by atoms with Gasteiger partial charge in [-0.05, 0) is 44.9 Å². The normalized spacial score (nSPS) is 14.7. The Kier molecular flexibility index (Phi) is 5.94. The Labute approximate surface area is 189 Å². The molecule has 0 aliphatic heterocycles. The van der Waals surface area contributed by atoms with Crippen LogP contribution in [0.2, 0.25) is 10.0 Å². The second-order valence-corrected chi connectivity index (χ2v) is 8.75. The summed E-state index contributed by atoms with van der Waals surface area (Å²) in [6.07, 6.45) is 5.36. The highest BCUT2D eigenvalue weighted by Crippen LogP contribution is 2.29. The van der Waals surface area contributed by atoms with Crippen molar-refractivity contribution in [3.63, 3.8) is 0 Å². The molecule has 0 unspecified atom stereocenters. The quantitative estimate of drug-likeness (QED) is 0.620. The van der Waals surface area contributed by atoms with Crippen LogP contribution in [0.5, 0.6) is 0 Å². The zero-order valence-corrected chi connectivity index (χ0v) is 19.2. The molecule has 8 nitrogen and oxygen atoms in total. The van der Waals surface area contributed by atoms with Crippen molar-refractivity contribution in [2.75, 3.05) is 5.32 Å². The molecule has 1 N–H and O–H groups in total. The fourth-order valence-electron chi connectivity index (χ4n) is 4.20. The van der Waals surface area contributed by atoms with E-state index in [1.54, 1.807) is 29.8 Å². The van der Waals surface area contributed by atoms with E-state index in [9.17, 15) is 9.59 Å². The highest BCUT2D eigenvalue weighted by molar-refractivity contribution is 6.35. The number of halogens is 2. The first-order valence-corrected chi connectivity index (χ1v) is 11.0. The van der Waals surface area contributed by atoms with Crippen LogP contribution in [-0.2, 0) is 7.05 Å². The number of aromatic nitrogens is 5. The molecule has 1 aliphatic carbocycles. The number of carbonyl (C=O) groups excluding carboxylic acids is 1. The van der Waals surface area contributed by atoms with Gasteiger partial charge in [-0.3, -0.25) is 14.3 Å². The van der Waals surface area contributed by atoms with Gasteiger partial charge in [-0.15, -0.1) is 5.10 Å². The number of hydrogen-bond acceptors (Lipinski definition) is 4. The third-order valence-corrected chi connectivity index (χ3v) is 6.54. The van der Waals surface area contributed by atoms with Crippen LogP contribution in [0, 0.1) is 13.8 Å². The van der Waals surface area contributed by atoms with Crippen molar-refractivity contribution in [1.29, 1.82) is 0 Å². The summed E-state index contributed by atoms with van der Waals surface area (Å²) in [5, 5.41) is 11.7.